The fourth-order valence-electron chi connectivity index (χ4n) is 3.32. The molecule has 0 aliphatic carbocycles. The van der Waals surface area contributed by atoms with Crippen LogP contribution in [0.15, 0.2) is 41.7 Å². The molecular formula is C18H20N5O6. The molecule has 1 fully saturated rings. The highest BCUT2D eigenvalue weighted by Crippen LogP contribution is 2.37. The van der Waals surface area contributed by atoms with Crippen LogP contribution in [-0.2, 0) is 9.53 Å². The molecule has 29 heavy (non-hydrogen) atoms. The minimum atomic E-state index is -1.28. The Labute approximate surface area is 165 Å². The van der Waals surface area contributed by atoms with Crippen LogP contribution >= 0.6 is 0 Å². The SMILES string of the molecule is NC1c2ncn([C@@H]3O[C@H](CO)C(O)C3O)c2N=CN1C([C]=O)Oc1ccccc1. The molecule has 1 aromatic carbocycles. The van der Waals surface area contributed by atoms with Gasteiger partial charge in [0.15, 0.2) is 12.0 Å². The van der Waals surface area contributed by atoms with E-state index in [1.165, 1.54) is 22.1 Å². The zero-order chi connectivity index (χ0) is 20.5. The lowest BCUT2D eigenvalue weighted by Gasteiger charge is -2.32. The fraction of sp³-hybridized carbons (Fsp3) is 0.389. The molecule has 11 nitrogen and oxygen atoms in total. The third-order valence-corrected chi connectivity index (χ3v) is 4.86. The fourth-order valence-corrected chi connectivity index (χ4v) is 3.32. The van der Waals surface area contributed by atoms with Crippen molar-refractivity contribution in [3.8, 4) is 5.75 Å². The summed E-state index contributed by atoms with van der Waals surface area (Å²) in [6.07, 6.45) is -2.02. The van der Waals surface area contributed by atoms with E-state index in [1.54, 1.807) is 30.6 Å². The van der Waals surface area contributed by atoms with Gasteiger partial charge in [0.05, 0.1) is 19.3 Å². The smallest absolute Gasteiger partial charge is 0.265 e. The summed E-state index contributed by atoms with van der Waals surface area (Å²) in [5, 5.41) is 29.5. The highest BCUT2D eigenvalue weighted by Gasteiger charge is 2.45. The van der Waals surface area contributed by atoms with E-state index >= 15 is 0 Å². The van der Waals surface area contributed by atoms with Gasteiger partial charge in [-0.25, -0.2) is 9.98 Å². The van der Waals surface area contributed by atoms with E-state index in [-0.39, 0.29) is 0 Å². The molecule has 3 heterocycles. The summed E-state index contributed by atoms with van der Waals surface area (Å²) in [5.74, 6) is 0.761. The number of para-hydroxylation sites is 1. The zero-order valence-electron chi connectivity index (χ0n) is 15.1. The van der Waals surface area contributed by atoms with E-state index < -0.39 is 43.5 Å². The average Bonchev–Trinajstić information content (AvgIpc) is 3.29. The third kappa shape index (κ3) is 3.39. The highest BCUT2D eigenvalue weighted by molar-refractivity contribution is 5.71. The topological polar surface area (TPSA) is 156 Å². The number of aliphatic imine (C=N–C) groups is 1. The number of hydrogen-bond acceptors (Lipinski definition) is 10. The van der Waals surface area contributed by atoms with Crippen molar-refractivity contribution in [2.75, 3.05) is 6.61 Å². The Morgan fingerprint density at radius 1 is 1.28 bits per heavy atom. The molecule has 11 heteroatoms. The lowest BCUT2D eigenvalue weighted by Crippen LogP contribution is -2.46. The molecule has 1 aromatic heterocycles. The van der Waals surface area contributed by atoms with Crippen molar-refractivity contribution in [2.45, 2.75) is 36.9 Å². The number of hydrogen-bond donors (Lipinski definition) is 4. The van der Waals surface area contributed by atoms with Gasteiger partial charge in [-0.2, -0.15) is 0 Å². The standard InChI is InChI=1S/C18H20N5O6/c19-16-13-17(23(8-20-13)18-15(27)14(26)11(6-24)29-18)21-9-22(16)12(7-25)28-10-4-2-1-3-5-10/h1-5,8-9,11-12,14-16,18,24,26-27H,6,19H2/t11-,12?,14?,15?,16?,18-/m1/s1. The van der Waals surface area contributed by atoms with E-state index in [2.05, 4.69) is 9.98 Å². The second-order valence-electron chi connectivity index (χ2n) is 6.63. The summed E-state index contributed by atoms with van der Waals surface area (Å²) >= 11 is 0. The third-order valence-electron chi connectivity index (χ3n) is 4.86. The van der Waals surface area contributed by atoms with Crippen LogP contribution in [0.2, 0.25) is 0 Å². The number of rotatable bonds is 6. The van der Waals surface area contributed by atoms with Crippen molar-refractivity contribution < 1.29 is 29.6 Å². The maximum Gasteiger partial charge on any atom is 0.265 e. The molecule has 1 radical (unpaired) electrons. The lowest BCUT2D eigenvalue weighted by molar-refractivity contribution is -0.0520. The van der Waals surface area contributed by atoms with Gasteiger partial charge in [-0.05, 0) is 12.1 Å². The Hall–Kier alpha value is -2.83. The van der Waals surface area contributed by atoms with Crippen LogP contribution in [0, 0.1) is 0 Å². The van der Waals surface area contributed by atoms with E-state index in [0.717, 1.165) is 0 Å². The van der Waals surface area contributed by atoms with E-state index in [1.807, 2.05) is 6.07 Å². The monoisotopic (exact) mass is 402 g/mol. The number of aliphatic hydroxyl groups excluding tert-OH is 3. The van der Waals surface area contributed by atoms with E-state index in [9.17, 15) is 20.1 Å². The van der Waals surface area contributed by atoms with Gasteiger partial charge in [0.2, 0.25) is 6.23 Å². The number of fused-ring (bicyclic) bond motifs is 1. The zero-order valence-corrected chi connectivity index (χ0v) is 15.1. The number of ether oxygens (including phenoxy) is 2. The van der Waals surface area contributed by atoms with Gasteiger partial charge in [-0.15, -0.1) is 0 Å². The van der Waals surface area contributed by atoms with Crippen LogP contribution in [0.25, 0.3) is 0 Å². The highest BCUT2D eigenvalue weighted by atomic mass is 16.6. The summed E-state index contributed by atoms with van der Waals surface area (Å²) in [6.45, 7) is -0.449. The average molecular weight is 402 g/mol. The lowest BCUT2D eigenvalue weighted by atomic mass is 10.1. The number of benzene rings is 1. The molecule has 2 aliphatic heterocycles. The minimum Gasteiger partial charge on any atom is -0.462 e. The predicted octanol–water partition coefficient (Wildman–Crippen LogP) is -1.06. The number of aromatic nitrogens is 2. The van der Waals surface area contributed by atoms with Crippen molar-refractivity contribution in [1.29, 1.82) is 0 Å². The first-order valence-corrected chi connectivity index (χ1v) is 8.91. The molecule has 0 amide bonds. The van der Waals surface area contributed by atoms with Crippen LogP contribution in [-0.4, -0.2) is 73.5 Å². The second kappa shape index (κ2) is 7.89. The Morgan fingerprint density at radius 2 is 2.03 bits per heavy atom. The summed E-state index contributed by atoms with van der Waals surface area (Å²) < 4.78 is 12.6. The molecule has 4 rings (SSSR count). The molecule has 2 aliphatic rings. The molecule has 0 bridgehead atoms. The van der Waals surface area contributed by atoms with Crippen molar-refractivity contribution in [1.82, 2.24) is 14.5 Å². The molecule has 2 aromatic rings. The number of carbonyl (C=O) groups excluding carboxylic acids is 1. The molecule has 6 atom stereocenters. The first-order valence-electron chi connectivity index (χ1n) is 8.91. The molecule has 1 saturated heterocycles. The van der Waals surface area contributed by atoms with E-state index in [0.29, 0.717) is 17.3 Å². The molecule has 4 unspecified atom stereocenters. The van der Waals surface area contributed by atoms with Crippen LogP contribution in [0.1, 0.15) is 18.1 Å². The summed E-state index contributed by atoms with van der Waals surface area (Å²) in [5.41, 5.74) is 6.58. The maximum atomic E-state index is 11.5. The number of aliphatic hydroxyl groups is 3. The van der Waals surface area contributed by atoms with Crippen molar-refractivity contribution >= 4 is 18.4 Å². The second-order valence-corrected chi connectivity index (χ2v) is 6.63. The summed E-state index contributed by atoms with van der Waals surface area (Å²) in [6, 6.07) is 8.74. The van der Waals surface area contributed by atoms with Gasteiger partial charge in [0, 0.05) is 0 Å². The molecule has 0 saturated carbocycles. The number of nitrogens with zero attached hydrogens (tertiary/aromatic N) is 4. The van der Waals surface area contributed by atoms with Crippen molar-refractivity contribution in [3.05, 3.63) is 42.4 Å². The molecular weight excluding hydrogens is 382 g/mol. The first kappa shape index (κ1) is 19.5. The Morgan fingerprint density at radius 3 is 2.69 bits per heavy atom. The molecule has 0 spiro atoms. The van der Waals surface area contributed by atoms with Gasteiger partial charge in [-0.1, -0.05) is 18.2 Å². The van der Waals surface area contributed by atoms with Crippen molar-refractivity contribution in [3.63, 3.8) is 0 Å². The van der Waals surface area contributed by atoms with Gasteiger partial charge in [-0.3, -0.25) is 14.3 Å². The quantitative estimate of drug-likeness (QED) is 0.473. The minimum absolute atomic E-state index is 0.299. The Kier molecular flexibility index (Phi) is 5.30. The van der Waals surface area contributed by atoms with Crippen LogP contribution in [0.5, 0.6) is 5.75 Å². The maximum absolute atomic E-state index is 11.5. The Balaban J connectivity index is 1.57. The first-order chi connectivity index (χ1) is 14.0. The van der Waals surface area contributed by atoms with E-state index in [4.69, 9.17) is 15.2 Å². The van der Waals surface area contributed by atoms with Gasteiger partial charge in [0.25, 0.3) is 6.29 Å². The largest absolute Gasteiger partial charge is 0.462 e. The number of nitrogens with two attached hydrogens (primary N) is 1. The summed E-state index contributed by atoms with van der Waals surface area (Å²) in [4.78, 5) is 21.4. The normalized spacial score (nSPS) is 29.5. The molecule has 153 valence electrons. The Bertz CT molecular complexity index is 890. The van der Waals surface area contributed by atoms with Crippen LogP contribution in [0.4, 0.5) is 5.82 Å². The van der Waals surface area contributed by atoms with Gasteiger partial charge < -0.3 is 30.5 Å². The summed E-state index contributed by atoms with van der Waals surface area (Å²) in [7, 11) is 0. The van der Waals surface area contributed by atoms with Crippen molar-refractivity contribution in [2.24, 2.45) is 10.7 Å². The number of imidazole rings is 1. The van der Waals surface area contributed by atoms with Gasteiger partial charge >= 0.3 is 0 Å². The van der Waals surface area contributed by atoms with Crippen LogP contribution in [0.3, 0.4) is 0 Å². The van der Waals surface area contributed by atoms with Gasteiger partial charge in [0.1, 0.15) is 35.9 Å². The molecule has 5 N–H and O–H groups in total. The predicted molar refractivity (Wildman–Crippen MR) is 98.7 cm³/mol. The van der Waals surface area contributed by atoms with Crippen LogP contribution < -0.4 is 10.5 Å².